The fourth-order valence-electron chi connectivity index (χ4n) is 4.97. The number of hydrogen-bond acceptors (Lipinski definition) is 7. The molecule has 1 aliphatic carbocycles. The SMILES string of the molecule is COC(=O)C1=C(N)N(c2ccc(F)cc2)C2=C(C(=O)CC(C)(C)C2)[C@H]1c1ccc(OC)c(OC)c1. The highest BCUT2D eigenvalue weighted by molar-refractivity contribution is 6.05. The lowest BCUT2D eigenvalue weighted by Crippen LogP contribution is -2.43. The van der Waals surface area contributed by atoms with Gasteiger partial charge in [0.2, 0.25) is 0 Å². The Morgan fingerprint density at radius 2 is 1.69 bits per heavy atom. The van der Waals surface area contributed by atoms with E-state index in [-0.39, 0.29) is 22.6 Å². The van der Waals surface area contributed by atoms with Gasteiger partial charge in [-0.15, -0.1) is 0 Å². The van der Waals surface area contributed by atoms with Crippen molar-refractivity contribution in [1.82, 2.24) is 0 Å². The van der Waals surface area contributed by atoms with Crippen LogP contribution in [-0.2, 0) is 14.3 Å². The monoisotopic (exact) mass is 480 g/mol. The Hall–Kier alpha value is -3.81. The first-order chi connectivity index (χ1) is 16.6. The maximum Gasteiger partial charge on any atom is 0.338 e. The van der Waals surface area contributed by atoms with E-state index in [9.17, 15) is 14.0 Å². The van der Waals surface area contributed by atoms with Gasteiger partial charge in [-0.3, -0.25) is 9.69 Å². The third-order valence-corrected chi connectivity index (χ3v) is 6.49. The van der Waals surface area contributed by atoms with Crippen LogP contribution in [0.5, 0.6) is 11.5 Å². The molecule has 2 aromatic rings. The number of methoxy groups -OCH3 is 3. The fraction of sp³-hybridized carbons (Fsp3) is 0.333. The molecule has 2 aliphatic rings. The van der Waals surface area contributed by atoms with E-state index in [2.05, 4.69) is 0 Å². The molecule has 2 aromatic carbocycles. The minimum absolute atomic E-state index is 0.0861. The molecule has 0 aromatic heterocycles. The summed E-state index contributed by atoms with van der Waals surface area (Å²) in [5.74, 6) is -0.805. The number of rotatable bonds is 5. The summed E-state index contributed by atoms with van der Waals surface area (Å²) < 4.78 is 29.7. The predicted molar refractivity (Wildman–Crippen MR) is 129 cm³/mol. The number of halogens is 1. The Morgan fingerprint density at radius 1 is 1.03 bits per heavy atom. The van der Waals surface area contributed by atoms with Crippen LogP contribution in [0.2, 0.25) is 0 Å². The molecule has 0 fully saturated rings. The van der Waals surface area contributed by atoms with Gasteiger partial charge in [0.15, 0.2) is 17.3 Å². The molecule has 8 heteroatoms. The van der Waals surface area contributed by atoms with Crippen molar-refractivity contribution in [2.24, 2.45) is 11.1 Å². The minimum atomic E-state index is -0.766. The summed E-state index contributed by atoms with van der Waals surface area (Å²) in [6.45, 7) is 4.03. The molecule has 0 radical (unpaired) electrons. The predicted octanol–water partition coefficient (Wildman–Crippen LogP) is 4.43. The summed E-state index contributed by atoms with van der Waals surface area (Å²) in [6, 6.07) is 11.0. The standard InChI is InChI=1S/C27H29FN2O5/c1-27(2)13-18-23(19(31)14-27)22(15-6-11-20(33-3)21(12-15)34-4)24(26(32)35-5)25(29)30(18)17-9-7-16(28)8-10-17/h6-12,22H,13-14,29H2,1-5H3/t22-/m1/s1. The molecule has 0 saturated heterocycles. The second-order valence-electron chi connectivity index (χ2n) is 9.45. The summed E-state index contributed by atoms with van der Waals surface area (Å²) in [5.41, 5.74) is 8.82. The van der Waals surface area contributed by atoms with Gasteiger partial charge in [-0.25, -0.2) is 9.18 Å². The molecule has 2 N–H and O–H groups in total. The highest BCUT2D eigenvalue weighted by atomic mass is 19.1. The molecular formula is C27H29FN2O5. The van der Waals surface area contributed by atoms with Crippen LogP contribution in [0.1, 0.15) is 38.2 Å². The number of anilines is 1. The van der Waals surface area contributed by atoms with E-state index in [0.717, 1.165) is 0 Å². The van der Waals surface area contributed by atoms with Crippen molar-refractivity contribution < 1.29 is 28.2 Å². The van der Waals surface area contributed by atoms with Crippen molar-refractivity contribution >= 4 is 17.4 Å². The van der Waals surface area contributed by atoms with Gasteiger partial charge in [0.25, 0.3) is 0 Å². The first-order valence-corrected chi connectivity index (χ1v) is 11.2. The number of ketones is 1. The number of allylic oxidation sites excluding steroid dienone is 2. The highest BCUT2D eigenvalue weighted by Crippen LogP contribution is 2.51. The van der Waals surface area contributed by atoms with Crippen LogP contribution in [0.15, 0.2) is 65.1 Å². The van der Waals surface area contributed by atoms with Crippen molar-refractivity contribution in [1.29, 1.82) is 0 Å². The second kappa shape index (κ2) is 9.09. The molecule has 0 saturated carbocycles. The van der Waals surface area contributed by atoms with Gasteiger partial charge in [0.05, 0.1) is 32.8 Å². The van der Waals surface area contributed by atoms with E-state index in [0.29, 0.717) is 46.9 Å². The van der Waals surface area contributed by atoms with Crippen LogP contribution < -0.4 is 20.1 Å². The number of nitrogens with zero attached hydrogens (tertiary/aromatic N) is 1. The number of ether oxygens (including phenoxy) is 3. The van der Waals surface area contributed by atoms with Crippen molar-refractivity contribution in [3.05, 3.63) is 76.5 Å². The Morgan fingerprint density at radius 3 is 2.29 bits per heavy atom. The van der Waals surface area contributed by atoms with Crippen LogP contribution in [-0.4, -0.2) is 33.1 Å². The maximum absolute atomic E-state index is 13.7. The molecule has 0 amide bonds. The van der Waals surface area contributed by atoms with Crippen LogP contribution in [0.4, 0.5) is 10.1 Å². The smallest absolute Gasteiger partial charge is 0.338 e. The van der Waals surface area contributed by atoms with Crippen molar-refractivity contribution in [2.75, 3.05) is 26.2 Å². The van der Waals surface area contributed by atoms with Crippen molar-refractivity contribution in [3.8, 4) is 11.5 Å². The summed E-state index contributed by atoms with van der Waals surface area (Å²) in [6.07, 6.45) is 0.839. The van der Waals surface area contributed by atoms with Crippen LogP contribution in [0.25, 0.3) is 0 Å². The average molecular weight is 481 g/mol. The van der Waals surface area contributed by atoms with E-state index >= 15 is 0 Å². The van der Waals surface area contributed by atoms with Gasteiger partial charge in [-0.05, 0) is 53.8 Å². The number of Topliss-reactive ketones (excluding diaryl/α,β-unsaturated/α-hetero) is 1. The third kappa shape index (κ3) is 4.24. The summed E-state index contributed by atoms with van der Waals surface area (Å²) in [4.78, 5) is 28.5. The first kappa shape index (κ1) is 24.3. The molecule has 184 valence electrons. The van der Waals surface area contributed by atoms with E-state index < -0.39 is 17.7 Å². The van der Waals surface area contributed by atoms with E-state index in [4.69, 9.17) is 19.9 Å². The Kier molecular flexibility index (Phi) is 6.32. The Balaban J connectivity index is 2.03. The summed E-state index contributed by atoms with van der Waals surface area (Å²) >= 11 is 0. The van der Waals surface area contributed by atoms with Gasteiger partial charge in [0, 0.05) is 23.4 Å². The zero-order valence-electron chi connectivity index (χ0n) is 20.5. The molecule has 35 heavy (non-hydrogen) atoms. The molecular weight excluding hydrogens is 451 g/mol. The first-order valence-electron chi connectivity index (χ1n) is 11.2. The highest BCUT2D eigenvalue weighted by Gasteiger charge is 2.46. The minimum Gasteiger partial charge on any atom is -0.493 e. The van der Waals surface area contributed by atoms with E-state index in [1.807, 2.05) is 13.8 Å². The van der Waals surface area contributed by atoms with Gasteiger partial charge in [0.1, 0.15) is 11.6 Å². The lowest BCUT2D eigenvalue weighted by atomic mass is 9.68. The van der Waals surface area contributed by atoms with Gasteiger partial charge in [-0.2, -0.15) is 0 Å². The summed E-state index contributed by atoms with van der Waals surface area (Å²) in [7, 11) is 4.32. The van der Waals surface area contributed by atoms with E-state index in [1.54, 1.807) is 35.2 Å². The molecule has 1 aliphatic heterocycles. The van der Waals surface area contributed by atoms with E-state index in [1.165, 1.54) is 33.5 Å². The van der Waals surface area contributed by atoms with Crippen LogP contribution in [0, 0.1) is 11.2 Å². The molecule has 7 nitrogen and oxygen atoms in total. The van der Waals surface area contributed by atoms with Crippen molar-refractivity contribution in [2.45, 2.75) is 32.6 Å². The normalized spacial score (nSPS) is 19.4. The second-order valence-corrected chi connectivity index (χ2v) is 9.45. The van der Waals surface area contributed by atoms with Gasteiger partial charge < -0.3 is 19.9 Å². The zero-order chi connectivity index (χ0) is 25.5. The molecule has 4 rings (SSSR count). The van der Waals surface area contributed by atoms with Crippen LogP contribution in [0.3, 0.4) is 0 Å². The number of nitrogens with two attached hydrogens (primary N) is 1. The fourth-order valence-corrected chi connectivity index (χ4v) is 4.97. The molecule has 1 atom stereocenters. The lowest BCUT2D eigenvalue weighted by Gasteiger charge is -2.44. The number of carbonyl (C=O) groups is 2. The molecule has 0 bridgehead atoms. The molecule has 0 spiro atoms. The largest absolute Gasteiger partial charge is 0.493 e. The Labute approximate surface area is 204 Å². The average Bonchev–Trinajstić information content (AvgIpc) is 2.82. The lowest BCUT2D eigenvalue weighted by molar-refractivity contribution is -0.136. The molecule has 1 heterocycles. The number of carbonyl (C=O) groups excluding carboxylic acids is 2. The number of esters is 1. The maximum atomic E-state index is 13.7. The number of benzene rings is 2. The van der Waals surface area contributed by atoms with Gasteiger partial charge in [-0.1, -0.05) is 19.9 Å². The third-order valence-electron chi connectivity index (χ3n) is 6.49. The van der Waals surface area contributed by atoms with Crippen molar-refractivity contribution in [3.63, 3.8) is 0 Å². The topological polar surface area (TPSA) is 91.1 Å². The molecule has 0 unspecified atom stereocenters. The Bertz CT molecular complexity index is 1250. The van der Waals surface area contributed by atoms with Gasteiger partial charge >= 0.3 is 5.97 Å². The number of hydrogen-bond donors (Lipinski definition) is 1. The van der Waals surface area contributed by atoms with Crippen LogP contribution >= 0.6 is 0 Å². The zero-order valence-corrected chi connectivity index (χ0v) is 20.5. The quantitative estimate of drug-likeness (QED) is 0.633. The summed E-state index contributed by atoms with van der Waals surface area (Å²) in [5, 5.41) is 0.